The van der Waals surface area contributed by atoms with E-state index < -0.39 is 0 Å². The van der Waals surface area contributed by atoms with Crippen LogP contribution in [-0.2, 0) is 13.0 Å². The van der Waals surface area contributed by atoms with Crippen molar-refractivity contribution in [1.29, 1.82) is 0 Å². The van der Waals surface area contributed by atoms with Crippen molar-refractivity contribution < 1.29 is 0 Å². The molecule has 0 aliphatic carbocycles. The highest BCUT2D eigenvalue weighted by atomic mass is 35.5. The van der Waals surface area contributed by atoms with Gasteiger partial charge in [-0.15, -0.1) is 0 Å². The van der Waals surface area contributed by atoms with Crippen LogP contribution in [0.15, 0.2) is 29.6 Å². The molecule has 0 unspecified atom stereocenters. The van der Waals surface area contributed by atoms with Crippen molar-refractivity contribution >= 4 is 29.2 Å². The third-order valence-electron chi connectivity index (χ3n) is 2.66. The van der Waals surface area contributed by atoms with Gasteiger partial charge in [0.2, 0.25) is 0 Å². The monoisotopic (exact) mass is 294 g/mol. The summed E-state index contributed by atoms with van der Waals surface area (Å²) in [5.41, 5.74) is 2.27. The molecule has 0 aliphatic rings. The van der Waals surface area contributed by atoms with Gasteiger partial charge in [-0.05, 0) is 24.3 Å². The van der Waals surface area contributed by atoms with Gasteiger partial charge >= 0.3 is 0 Å². The maximum Gasteiger partial charge on any atom is 0.190 e. The zero-order valence-corrected chi connectivity index (χ0v) is 12.4. The summed E-state index contributed by atoms with van der Waals surface area (Å²) in [5.74, 6) is 0.719. The summed E-state index contributed by atoms with van der Waals surface area (Å²) in [7, 11) is 0. The van der Waals surface area contributed by atoms with Crippen LogP contribution in [0.3, 0.4) is 0 Å². The van der Waals surface area contributed by atoms with Crippen molar-refractivity contribution in [2.24, 2.45) is 0 Å². The van der Waals surface area contributed by atoms with E-state index in [4.69, 9.17) is 11.6 Å². The number of nitrogens with zero attached hydrogens (tertiary/aromatic N) is 3. The molecule has 2 rings (SSSR count). The fraction of sp³-hybridized carbons (Fsp3) is 0.308. The molecule has 2 aromatic rings. The summed E-state index contributed by atoms with van der Waals surface area (Å²) in [6, 6.07) is 5.76. The van der Waals surface area contributed by atoms with Crippen LogP contribution in [0.1, 0.15) is 18.2 Å². The lowest BCUT2D eigenvalue weighted by Crippen LogP contribution is -2.06. The average molecular weight is 295 g/mol. The van der Waals surface area contributed by atoms with Crippen molar-refractivity contribution in [1.82, 2.24) is 15.0 Å². The standard InChI is InChI=1S/C13H15ClN4S/c1-3-9-5-4-6-15-10(9)8-16-12-7-11(14)17-13(18-12)19-2/h4-7H,3,8H2,1-2H3,(H,16,17,18). The first-order chi connectivity index (χ1) is 9.22. The van der Waals surface area contributed by atoms with Crippen molar-refractivity contribution in [3.05, 3.63) is 40.8 Å². The summed E-state index contributed by atoms with van der Waals surface area (Å²) in [5, 5.41) is 4.34. The topological polar surface area (TPSA) is 50.7 Å². The average Bonchev–Trinajstić information content (AvgIpc) is 2.44. The Labute approximate surface area is 122 Å². The van der Waals surface area contributed by atoms with Gasteiger partial charge in [0.05, 0.1) is 12.2 Å². The molecule has 4 nitrogen and oxygen atoms in total. The fourth-order valence-electron chi connectivity index (χ4n) is 1.71. The number of halogens is 1. The summed E-state index contributed by atoms with van der Waals surface area (Å²) in [4.78, 5) is 12.8. The van der Waals surface area contributed by atoms with Crippen molar-refractivity contribution in [2.75, 3.05) is 11.6 Å². The van der Waals surface area contributed by atoms with Crippen LogP contribution in [0, 0.1) is 0 Å². The first kappa shape index (κ1) is 14.1. The summed E-state index contributed by atoms with van der Waals surface area (Å²) in [6.45, 7) is 2.75. The maximum atomic E-state index is 5.95. The minimum absolute atomic E-state index is 0.443. The number of aryl methyl sites for hydroxylation is 1. The summed E-state index contributed by atoms with van der Waals surface area (Å²) >= 11 is 7.41. The van der Waals surface area contributed by atoms with E-state index in [-0.39, 0.29) is 0 Å². The molecule has 2 heterocycles. The van der Waals surface area contributed by atoms with E-state index in [1.54, 1.807) is 12.3 Å². The van der Waals surface area contributed by atoms with E-state index in [1.165, 1.54) is 17.3 Å². The zero-order valence-electron chi connectivity index (χ0n) is 10.9. The summed E-state index contributed by atoms with van der Waals surface area (Å²) < 4.78 is 0. The lowest BCUT2D eigenvalue weighted by Gasteiger charge is -2.09. The second-order valence-electron chi connectivity index (χ2n) is 3.88. The highest BCUT2D eigenvalue weighted by Crippen LogP contribution is 2.18. The van der Waals surface area contributed by atoms with Crippen LogP contribution < -0.4 is 5.32 Å². The minimum Gasteiger partial charge on any atom is -0.364 e. The van der Waals surface area contributed by atoms with Crippen LogP contribution in [0.25, 0.3) is 0 Å². The molecule has 0 radical (unpaired) electrons. The normalized spacial score (nSPS) is 10.5. The van der Waals surface area contributed by atoms with Gasteiger partial charge in [-0.3, -0.25) is 4.98 Å². The number of hydrogen-bond donors (Lipinski definition) is 1. The number of aromatic nitrogens is 3. The molecule has 0 aromatic carbocycles. The fourth-order valence-corrected chi connectivity index (χ4v) is 2.32. The zero-order chi connectivity index (χ0) is 13.7. The largest absolute Gasteiger partial charge is 0.364 e. The minimum atomic E-state index is 0.443. The molecular formula is C13H15ClN4S. The quantitative estimate of drug-likeness (QED) is 0.520. The smallest absolute Gasteiger partial charge is 0.190 e. The molecule has 0 fully saturated rings. The van der Waals surface area contributed by atoms with Gasteiger partial charge in [-0.1, -0.05) is 36.4 Å². The molecular weight excluding hydrogens is 280 g/mol. The third-order valence-corrected chi connectivity index (χ3v) is 3.40. The first-order valence-corrected chi connectivity index (χ1v) is 7.58. The number of hydrogen-bond acceptors (Lipinski definition) is 5. The third kappa shape index (κ3) is 3.81. The Morgan fingerprint density at radius 1 is 1.37 bits per heavy atom. The van der Waals surface area contributed by atoms with Crippen LogP contribution in [-0.4, -0.2) is 21.2 Å². The predicted molar refractivity (Wildman–Crippen MR) is 79.8 cm³/mol. The molecule has 0 saturated carbocycles. The van der Waals surface area contributed by atoms with Gasteiger partial charge in [0, 0.05) is 12.3 Å². The Morgan fingerprint density at radius 3 is 2.95 bits per heavy atom. The number of nitrogens with one attached hydrogen (secondary N) is 1. The van der Waals surface area contributed by atoms with Gasteiger partial charge in [0.25, 0.3) is 0 Å². The van der Waals surface area contributed by atoms with E-state index in [9.17, 15) is 0 Å². The molecule has 0 atom stereocenters. The molecule has 0 amide bonds. The highest BCUT2D eigenvalue weighted by molar-refractivity contribution is 7.98. The van der Waals surface area contributed by atoms with E-state index in [0.717, 1.165) is 17.9 Å². The van der Waals surface area contributed by atoms with Gasteiger partial charge in [-0.2, -0.15) is 0 Å². The highest BCUT2D eigenvalue weighted by Gasteiger charge is 2.05. The SMILES string of the molecule is CCc1cccnc1CNc1cc(Cl)nc(SC)n1. The second-order valence-corrected chi connectivity index (χ2v) is 5.04. The number of thioether (sulfide) groups is 1. The maximum absolute atomic E-state index is 5.95. The van der Waals surface area contributed by atoms with Crippen molar-refractivity contribution in [2.45, 2.75) is 25.0 Å². The molecule has 0 spiro atoms. The van der Waals surface area contributed by atoms with Crippen molar-refractivity contribution in [3.8, 4) is 0 Å². The molecule has 0 aliphatic heterocycles. The van der Waals surface area contributed by atoms with Crippen LogP contribution in [0.2, 0.25) is 5.15 Å². The lowest BCUT2D eigenvalue weighted by molar-refractivity contribution is 0.929. The van der Waals surface area contributed by atoms with Gasteiger partial charge < -0.3 is 5.32 Å². The Kier molecular flexibility index (Phi) is 4.99. The van der Waals surface area contributed by atoms with Crippen LogP contribution >= 0.6 is 23.4 Å². The Balaban J connectivity index is 2.12. The van der Waals surface area contributed by atoms with Gasteiger partial charge in [0.15, 0.2) is 5.16 Å². The van der Waals surface area contributed by atoms with Gasteiger partial charge in [0.1, 0.15) is 11.0 Å². The molecule has 100 valence electrons. The van der Waals surface area contributed by atoms with Crippen LogP contribution in [0.5, 0.6) is 0 Å². The first-order valence-electron chi connectivity index (χ1n) is 5.98. The number of pyridine rings is 1. The molecule has 0 bridgehead atoms. The molecule has 19 heavy (non-hydrogen) atoms. The Hall–Kier alpha value is -1.33. The summed E-state index contributed by atoms with van der Waals surface area (Å²) in [6.07, 6.45) is 4.69. The Bertz CT molecular complexity index is 562. The van der Waals surface area contributed by atoms with E-state index in [0.29, 0.717) is 16.9 Å². The molecule has 0 saturated heterocycles. The lowest BCUT2D eigenvalue weighted by atomic mass is 10.1. The predicted octanol–water partition coefficient (Wildman–Crippen LogP) is 3.42. The number of anilines is 1. The number of rotatable bonds is 5. The van der Waals surface area contributed by atoms with E-state index >= 15 is 0 Å². The molecule has 2 aromatic heterocycles. The molecule has 6 heteroatoms. The van der Waals surface area contributed by atoms with E-state index in [2.05, 4.69) is 33.3 Å². The van der Waals surface area contributed by atoms with Gasteiger partial charge in [-0.25, -0.2) is 9.97 Å². The van der Waals surface area contributed by atoms with E-state index in [1.807, 2.05) is 12.3 Å². The Morgan fingerprint density at radius 2 is 2.21 bits per heavy atom. The molecule has 1 N–H and O–H groups in total. The second kappa shape index (κ2) is 6.73. The van der Waals surface area contributed by atoms with Crippen molar-refractivity contribution in [3.63, 3.8) is 0 Å². The van der Waals surface area contributed by atoms with Crippen LogP contribution in [0.4, 0.5) is 5.82 Å².